The Hall–Kier alpha value is -4.24. The first-order valence-corrected chi connectivity index (χ1v) is 17.8. The maximum atomic E-state index is 17.3. The Bertz CT molecular complexity index is 2150. The number of halogens is 6. The van der Waals surface area contributed by atoms with Crippen LogP contribution in [0.5, 0.6) is 11.8 Å². The van der Waals surface area contributed by atoms with Crippen LogP contribution in [0.15, 0.2) is 12.1 Å². The highest BCUT2D eigenvalue weighted by Crippen LogP contribution is 2.52. The maximum absolute atomic E-state index is 17.3. The number of aromatic nitrogens is 2. The van der Waals surface area contributed by atoms with Crippen LogP contribution < -0.4 is 19.7 Å². The molecule has 18 heteroatoms. The van der Waals surface area contributed by atoms with Gasteiger partial charge in [0.15, 0.2) is 11.6 Å². The number of alkyl halides is 3. The zero-order valence-corrected chi connectivity index (χ0v) is 28.8. The van der Waals surface area contributed by atoms with Gasteiger partial charge >= 0.3 is 12.1 Å². The van der Waals surface area contributed by atoms with E-state index in [0.717, 1.165) is 12.5 Å². The average molecular weight is 765 g/mol. The number of fused-ring (bicyclic) bond motifs is 2. The molecule has 1 amide bonds. The highest BCUT2D eigenvalue weighted by Gasteiger charge is 2.49. The zero-order chi connectivity index (χ0) is 36.5. The summed E-state index contributed by atoms with van der Waals surface area (Å²) < 4.78 is 93.7. The van der Waals surface area contributed by atoms with Crippen LogP contribution in [0.4, 0.5) is 37.6 Å². The van der Waals surface area contributed by atoms with Crippen molar-refractivity contribution in [2.45, 2.75) is 49.9 Å². The first kappa shape index (κ1) is 34.8. The van der Waals surface area contributed by atoms with Gasteiger partial charge in [0.1, 0.15) is 47.6 Å². The molecular formula is C34H30ClF5N6O5S. The van der Waals surface area contributed by atoms with E-state index in [-0.39, 0.29) is 98.5 Å². The molecule has 2 aromatic heterocycles. The van der Waals surface area contributed by atoms with Gasteiger partial charge in [-0.3, -0.25) is 10.2 Å². The van der Waals surface area contributed by atoms with E-state index in [4.69, 9.17) is 25.8 Å². The van der Waals surface area contributed by atoms with Crippen molar-refractivity contribution in [3.63, 3.8) is 0 Å². The molecule has 0 saturated carbocycles. The van der Waals surface area contributed by atoms with Gasteiger partial charge in [-0.25, -0.2) is 26.7 Å². The Labute approximate surface area is 301 Å². The molecule has 8 rings (SSSR count). The summed E-state index contributed by atoms with van der Waals surface area (Å²) in [5, 5.41) is 20.8. The SMILES string of the molecule is N#Cc1c(NC(=O)O)sc2c(F)ccc(-c3c(Cl)c4c5c(nc(OC[C@@]67CCCN6C[C@H](F)C7)nc5c3F)N(CC(F)F)C(C3CCOC3)CO4)c12. The fourth-order valence-electron chi connectivity index (χ4n) is 8.23. The normalized spacial score (nSPS) is 24.3. The minimum atomic E-state index is -2.84. The number of thiophene rings is 1. The van der Waals surface area contributed by atoms with Crippen LogP contribution in [-0.2, 0) is 4.74 Å². The Balaban J connectivity index is 1.36. The Morgan fingerprint density at radius 1 is 1.27 bits per heavy atom. The highest BCUT2D eigenvalue weighted by molar-refractivity contribution is 7.23. The van der Waals surface area contributed by atoms with E-state index in [2.05, 4.69) is 15.3 Å². The number of ether oxygens (including phenoxy) is 3. The van der Waals surface area contributed by atoms with E-state index < -0.39 is 54.0 Å². The summed E-state index contributed by atoms with van der Waals surface area (Å²) in [5.41, 5.74) is -1.71. The van der Waals surface area contributed by atoms with Gasteiger partial charge in [0.25, 0.3) is 6.43 Å². The van der Waals surface area contributed by atoms with Gasteiger partial charge in [0.2, 0.25) is 0 Å². The molecule has 4 aromatic rings. The lowest BCUT2D eigenvalue weighted by molar-refractivity contribution is 0.107. The van der Waals surface area contributed by atoms with E-state index in [9.17, 15) is 28.3 Å². The van der Waals surface area contributed by atoms with Gasteiger partial charge in [0.05, 0.1) is 45.4 Å². The number of nitrogens with one attached hydrogen (secondary N) is 1. The number of nitriles is 1. The van der Waals surface area contributed by atoms with Crippen molar-refractivity contribution in [1.29, 1.82) is 5.26 Å². The van der Waals surface area contributed by atoms with Crippen LogP contribution in [0.25, 0.3) is 32.1 Å². The van der Waals surface area contributed by atoms with Gasteiger partial charge < -0.3 is 24.2 Å². The van der Waals surface area contributed by atoms with Gasteiger partial charge in [0, 0.05) is 36.4 Å². The largest absolute Gasteiger partial charge is 0.489 e. The number of nitrogens with zero attached hydrogens (tertiary/aromatic N) is 5. The molecular weight excluding hydrogens is 735 g/mol. The van der Waals surface area contributed by atoms with Crippen LogP contribution in [-0.4, -0.2) is 96.3 Å². The summed E-state index contributed by atoms with van der Waals surface area (Å²) in [7, 11) is 0. The molecule has 2 aromatic carbocycles. The van der Waals surface area contributed by atoms with E-state index in [1.165, 1.54) is 11.0 Å². The average Bonchev–Trinajstić information content (AvgIpc) is 3.87. The molecule has 3 saturated heterocycles. The monoisotopic (exact) mass is 764 g/mol. The second-order valence-electron chi connectivity index (χ2n) is 13.4. The predicted octanol–water partition coefficient (Wildman–Crippen LogP) is 7.23. The van der Waals surface area contributed by atoms with Crippen molar-refractivity contribution in [2.24, 2.45) is 5.92 Å². The molecule has 4 aliphatic rings. The molecule has 2 unspecified atom stereocenters. The predicted molar refractivity (Wildman–Crippen MR) is 182 cm³/mol. The third kappa shape index (κ3) is 5.71. The lowest BCUT2D eigenvalue weighted by atomic mass is 9.95. The van der Waals surface area contributed by atoms with Crippen LogP contribution in [0.3, 0.4) is 0 Å². The first-order chi connectivity index (χ1) is 25.0. The molecule has 4 aliphatic heterocycles. The van der Waals surface area contributed by atoms with Crippen molar-refractivity contribution in [3.8, 4) is 29.0 Å². The van der Waals surface area contributed by atoms with E-state index in [1.54, 1.807) is 0 Å². The van der Waals surface area contributed by atoms with Gasteiger partial charge in [-0.05, 0) is 37.4 Å². The van der Waals surface area contributed by atoms with E-state index in [1.807, 2.05) is 11.0 Å². The lowest BCUT2D eigenvalue weighted by Gasteiger charge is -2.34. The minimum absolute atomic E-state index is 0.0309. The van der Waals surface area contributed by atoms with Crippen LogP contribution in [0.1, 0.15) is 31.2 Å². The Morgan fingerprint density at radius 3 is 2.83 bits per heavy atom. The molecule has 0 bridgehead atoms. The molecule has 0 spiro atoms. The summed E-state index contributed by atoms with van der Waals surface area (Å²) in [6.45, 7) is 0.595. The van der Waals surface area contributed by atoms with Crippen LogP contribution >= 0.6 is 22.9 Å². The molecule has 274 valence electrons. The molecule has 0 aliphatic carbocycles. The fraction of sp³-hybridized carbons (Fsp3) is 0.471. The minimum Gasteiger partial charge on any atom is -0.489 e. The Morgan fingerprint density at radius 2 is 2.10 bits per heavy atom. The summed E-state index contributed by atoms with van der Waals surface area (Å²) in [5.74, 6) is -2.35. The van der Waals surface area contributed by atoms with Gasteiger partial charge in [-0.1, -0.05) is 17.7 Å². The number of hydrogen-bond acceptors (Lipinski definition) is 10. The fourth-order valence-corrected chi connectivity index (χ4v) is 9.64. The molecule has 11 nitrogen and oxygen atoms in total. The van der Waals surface area contributed by atoms with Crippen molar-refractivity contribution < 1.29 is 46.1 Å². The summed E-state index contributed by atoms with van der Waals surface area (Å²) in [6, 6.07) is 3.07. The number of anilines is 2. The molecule has 3 fully saturated rings. The highest BCUT2D eigenvalue weighted by atomic mass is 35.5. The van der Waals surface area contributed by atoms with E-state index in [0.29, 0.717) is 37.3 Å². The van der Waals surface area contributed by atoms with Crippen molar-refractivity contribution >= 4 is 60.8 Å². The van der Waals surface area contributed by atoms with Crippen molar-refractivity contribution in [2.75, 3.05) is 56.3 Å². The number of hydrogen-bond donors (Lipinski definition) is 2. The summed E-state index contributed by atoms with van der Waals surface area (Å²) in [4.78, 5) is 23.9. The number of amides is 1. The number of carbonyl (C=O) groups is 1. The maximum Gasteiger partial charge on any atom is 0.409 e. The number of carboxylic acid groups (broad SMARTS) is 1. The van der Waals surface area contributed by atoms with Crippen molar-refractivity contribution in [3.05, 3.63) is 34.4 Å². The topological polar surface area (TPSA) is 133 Å². The molecule has 2 N–H and O–H groups in total. The second kappa shape index (κ2) is 13.3. The molecule has 4 atom stereocenters. The first-order valence-electron chi connectivity index (χ1n) is 16.6. The van der Waals surface area contributed by atoms with Crippen LogP contribution in [0.2, 0.25) is 5.02 Å². The number of rotatable bonds is 8. The van der Waals surface area contributed by atoms with Crippen molar-refractivity contribution in [1.82, 2.24) is 14.9 Å². The van der Waals surface area contributed by atoms with Gasteiger partial charge in [-0.15, -0.1) is 11.3 Å². The smallest absolute Gasteiger partial charge is 0.409 e. The molecule has 0 radical (unpaired) electrons. The lowest BCUT2D eigenvalue weighted by Crippen LogP contribution is -2.47. The summed E-state index contributed by atoms with van der Waals surface area (Å²) >= 11 is 7.64. The number of benzene rings is 2. The van der Waals surface area contributed by atoms with Gasteiger partial charge in [-0.2, -0.15) is 15.2 Å². The quantitative estimate of drug-likeness (QED) is 0.177. The zero-order valence-electron chi connectivity index (χ0n) is 27.2. The molecule has 52 heavy (non-hydrogen) atoms. The Kier molecular flexibility index (Phi) is 8.92. The third-order valence-electron chi connectivity index (χ3n) is 10.5. The summed E-state index contributed by atoms with van der Waals surface area (Å²) in [6.07, 6.45) is -3.15. The second-order valence-corrected chi connectivity index (χ2v) is 14.8. The van der Waals surface area contributed by atoms with Crippen LogP contribution in [0, 0.1) is 28.9 Å². The van der Waals surface area contributed by atoms with E-state index >= 15 is 8.78 Å². The standard InChI is InChI=1S/C34H30ClF5N6O5S/c35-25-23(17-2-3-19(37)29-22(17)18(9-41)31(52-29)44-33(47)48)26(40)27-24-28(25)50-13-20(15-4-7-49-12-15)46(11-21(38)39)30(24)43-32(42-27)51-14-34-5-1-6-45(34)10-16(36)8-34/h2-3,15-16,20-21,44H,1,4-8,10-14H2,(H,47,48)/t15?,16-,20?,34+/m1/s1. The molecule has 6 heterocycles. The third-order valence-corrected chi connectivity index (χ3v) is 12.0.